The van der Waals surface area contributed by atoms with Crippen molar-refractivity contribution >= 4 is 28.7 Å². The van der Waals surface area contributed by atoms with Gasteiger partial charge in [0.1, 0.15) is 11.6 Å². The zero-order chi connectivity index (χ0) is 21.8. The Morgan fingerprint density at radius 3 is 2.48 bits per heavy atom. The monoisotopic (exact) mass is 415 g/mol. The second-order valence-corrected chi connectivity index (χ2v) is 7.92. The molecule has 1 aromatic heterocycles. The van der Waals surface area contributed by atoms with Gasteiger partial charge in [-0.1, -0.05) is 30.3 Å². The van der Waals surface area contributed by atoms with E-state index in [0.717, 1.165) is 35.7 Å². The van der Waals surface area contributed by atoms with E-state index in [1.807, 2.05) is 42.2 Å². The minimum Gasteiger partial charge on any atom is -0.494 e. The molecule has 160 valence electrons. The highest BCUT2D eigenvalue weighted by atomic mass is 16.5. The molecule has 3 aromatic rings. The van der Waals surface area contributed by atoms with Gasteiger partial charge < -0.3 is 14.5 Å². The molecule has 1 saturated heterocycles. The van der Waals surface area contributed by atoms with Gasteiger partial charge in [-0.25, -0.2) is 4.98 Å². The maximum atomic E-state index is 12.6. The van der Waals surface area contributed by atoms with Crippen molar-refractivity contribution in [3.63, 3.8) is 0 Å². The molecule has 0 N–H and O–H groups in total. The predicted molar refractivity (Wildman–Crippen MR) is 127 cm³/mol. The van der Waals surface area contributed by atoms with E-state index in [9.17, 15) is 4.79 Å². The number of carbonyl (C=O) groups excluding carboxylic acids is 1. The predicted octanol–water partition coefficient (Wildman–Crippen LogP) is 4.61. The Kier molecular flexibility index (Phi) is 6.21. The number of carbonyl (C=O) groups is 1. The van der Waals surface area contributed by atoms with E-state index in [-0.39, 0.29) is 5.91 Å². The lowest BCUT2D eigenvalue weighted by atomic mass is 10.1. The highest BCUT2D eigenvalue weighted by Gasteiger charge is 2.21. The van der Waals surface area contributed by atoms with Gasteiger partial charge in [0, 0.05) is 37.6 Å². The van der Waals surface area contributed by atoms with Crippen LogP contribution in [0.2, 0.25) is 0 Å². The molecule has 1 aliphatic rings. The maximum Gasteiger partial charge on any atom is 0.246 e. The highest BCUT2D eigenvalue weighted by Crippen LogP contribution is 2.25. The number of piperazine rings is 1. The van der Waals surface area contributed by atoms with Crippen LogP contribution < -0.4 is 9.64 Å². The number of amides is 1. The molecule has 4 rings (SSSR count). The Morgan fingerprint density at radius 2 is 1.77 bits per heavy atom. The Bertz CT molecular complexity index is 1100. The zero-order valence-corrected chi connectivity index (χ0v) is 18.5. The van der Waals surface area contributed by atoms with Gasteiger partial charge in [-0.05, 0) is 61.7 Å². The summed E-state index contributed by atoms with van der Waals surface area (Å²) in [5, 5.41) is 1.21. The number of para-hydroxylation sites is 1. The third-order valence-corrected chi connectivity index (χ3v) is 5.76. The number of aryl methyl sites for hydroxylation is 2. The topological polar surface area (TPSA) is 45.7 Å². The summed E-state index contributed by atoms with van der Waals surface area (Å²) in [6, 6.07) is 16.2. The lowest BCUT2D eigenvalue weighted by molar-refractivity contribution is -0.126. The summed E-state index contributed by atoms with van der Waals surface area (Å²) in [5.74, 6) is 1.89. The molecule has 31 heavy (non-hydrogen) atoms. The SMILES string of the molecule is CCOc1ccc(/C=C/C(=O)N2CCN(c3cc(C)c4cccc(C)c4n3)CC2)cc1. The van der Waals surface area contributed by atoms with E-state index in [1.54, 1.807) is 6.08 Å². The minimum absolute atomic E-state index is 0.0482. The smallest absolute Gasteiger partial charge is 0.246 e. The number of nitrogens with zero attached hydrogens (tertiary/aromatic N) is 3. The van der Waals surface area contributed by atoms with Gasteiger partial charge >= 0.3 is 0 Å². The summed E-state index contributed by atoms with van der Waals surface area (Å²) in [6.07, 6.45) is 3.52. The van der Waals surface area contributed by atoms with Gasteiger partial charge in [-0.15, -0.1) is 0 Å². The van der Waals surface area contributed by atoms with Crippen LogP contribution in [0.15, 0.2) is 54.6 Å². The lowest BCUT2D eigenvalue weighted by Gasteiger charge is -2.35. The Balaban J connectivity index is 1.38. The number of rotatable bonds is 5. The fourth-order valence-electron chi connectivity index (χ4n) is 3.98. The minimum atomic E-state index is 0.0482. The van der Waals surface area contributed by atoms with Crippen molar-refractivity contribution in [2.45, 2.75) is 20.8 Å². The van der Waals surface area contributed by atoms with Crippen LogP contribution in [-0.2, 0) is 4.79 Å². The van der Waals surface area contributed by atoms with Crippen molar-refractivity contribution in [2.24, 2.45) is 0 Å². The molecule has 1 amide bonds. The molecular formula is C26H29N3O2. The van der Waals surface area contributed by atoms with Crippen LogP contribution in [-0.4, -0.2) is 48.6 Å². The Morgan fingerprint density at radius 1 is 1.03 bits per heavy atom. The molecule has 2 aromatic carbocycles. The molecule has 1 aliphatic heterocycles. The van der Waals surface area contributed by atoms with Gasteiger partial charge in [-0.2, -0.15) is 0 Å². The summed E-state index contributed by atoms with van der Waals surface area (Å²) in [5.41, 5.74) is 4.48. The quantitative estimate of drug-likeness (QED) is 0.571. The molecule has 0 bridgehead atoms. The van der Waals surface area contributed by atoms with Crippen molar-refractivity contribution in [2.75, 3.05) is 37.7 Å². The molecule has 0 radical (unpaired) electrons. The summed E-state index contributed by atoms with van der Waals surface area (Å²) in [7, 11) is 0. The van der Waals surface area contributed by atoms with E-state index >= 15 is 0 Å². The first-order chi connectivity index (χ1) is 15.0. The Hall–Kier alpha value is -3.34. The van der Waals surface area contributed by atoms with Crippen LogP contribution in [0.3, 0.4) is 0 Å². The molecule has 0 spiro atoms. The third-order valence-electron chi connectivity index (χ3n) is 5.76. The Labute approximate surface area is 184 Å². The van der Waals surface area contributed by atoms with Crippen molar-refractivity contribution in [1.82, 2.24) is 9.88 Å². The molecule has 0 unspecified atom stereocenters. The summed E-state index contributed by atoms with van der Waals surface area (Å²) >= 11 is 0. The number of pyridine rings is 1. The second-order valence-electron chi connectivity index (χ2n) is 7.92. The first-order valence-electron chi connectivity index (χ1n) is 10.9. The lowest BCUT2D eigenvalue weighted by Crippen LogP contribution is -2.48. The van der Waals surface area contributed by atoms with Crippen molar-refractivity contribution in [3.05, 3.63) is 71.3 Å². The van der Waals surface area contributed by atoms with Crippen LogP contribution in [0.5, 0.6) is 5.75 Å². The van der Waals surface area contributed by atoms with Crippen molar-refractivity contribution in [3.8, 4) is 5.75 Å². The molecular weight excluding hydrogens is 386 g/mol. The summed E-state index contributed by atoms with van der Waals surface area (Å²) < 4.78 is 5.46. The van der Waals surface area contributed by atoms with Crippen LogP contribution in [0, 0.1) is 13.8 Å². The van der Waals surface area contributed by atoms with Crippen LogP contribution in [0.4, 0.5) is 5.82 Å². The summed E-state index contributed by atoms with van der Waals surface area (Å²) in [6.45, 7) is 9.80. The van der Waals surface area contributed by atoms with Gasteiger partial charge in [0.2, 0.25) is 5.91 Å². The molecule has 5 nitrogen and oxygen atoms in total. The van der Waals surface area contributed by atoms with E-state index < -0.39 is 0 Å². The van der Waals surface area contributed by atoms with Crippen molar-refractivity contribution < 1.29 is 9.53 Å². The van der Waals surface area contributed by atoms with Gasteiger partial charge in [-0.3, -0.25) is 4.79 Å². The number of anilines is 1. The number of fused-ring (bicyclic) bond motifs is 1. The average molecular weight is 416 g/mol. The molecule has 0 saturated carbocycles. The molecule has 0 atom stereocenters. The average Bonchev–Trinajstić information content (AvgIpc) is 2.79. The van der Waals surface area contributed by atoms with E-state index in [0.29, 0.717) is 19.7 Å². The fraction of sp³-hybridized carbons (Fsp3) is 0.308. The molecule has 5 heteroatoms. The van der Waals surface area contributed by atoms with Crippen LogP contribution in [0.25, 0.3) is 17.0 Å². The number of aromatic nitrogens is 1. The maximum absolute atomic E-state index is 12.6. The normalized spacial score (nSPS) is 14.4. The van der Waals surface area contributed by atoms with Gasteiger partial charge in [0.15, 0.2) is 0 Å². The first-order valence-corrected chi connectivity index (χ1v) is 10.9. The molecule has 0 aliphatic carbocycles. The van der Waals surface area contributed by atoms with Crippen LogP contribution >= 0.6 is 0 Å². The fourth-order valence-corrected chi connectivity index (χ4v) is 3.98. The number of ether oxygens (including phenoxy) is 1. The van der Waals surface area contributed by atoms with Crippen molar-refractivity contribution in [1.29, 1.82) is 0 Å². The summed E-state index contributed by atoms with van der Waals surface area (Å²) in [4.78, 5) is 21.7. The first kappa shape index (κ1) is 20.9. The molecule has 1 fully saturated rings. The van der Waals surface area contributed by atoms with E-state index in [1.165, 1.54) is 16.5 Å². The van der Waals surface area contributed by atoms with E-state index in [2.05, 4.69) is 43.0 Å². The largest absolute Gasteiger partial charge is 0.494 e. The van der Waals surface area contributed by atoms with E-state index in [4.69, 9.17) is 9.72 Å². The number of hydrogen-bond acceptors (Lipinski definition) is 4. The van der Waals surface area contributed by atoms with Gasteiger partial charge in [0.25, 0.3) is 0 Å². The standard InChI is InChI=1S/C26H29N3O2/c1-4-31-22-11-8-21(9-12-22)10-13-25(30)29-16-14-28(15-17-29)24-18-20(3)23-7-5-6-19(2)26(23)27-24/h5-13,18H,4,14-17H2,1-3H3/b13-10+. The molecule has 2 heterocycles. The number of hydrogen-bond donors (Lipinski definition) is 0. The third kappa shape index (κ3) is 4.71. The second kappa shape index (κ2) is 9.21. The zero-order valence-electron chi connectivity index (χ0n) is 18.5. The highest BCUT2D eigenvalue weighted by molar-refractivity contribution is 5.92. The van der Waals surface area contributed by atoms with Gasteiger partial charge in [0.05, 0.1) is 12.1 Å². The number of benzene rings is 2. The van der Waals surface area contributed by atoms with Crippen LogP contribution in [0.1, 0.15) is 23.6 Å².